The molecule has 2 N–H and O–H groups in total. The van der Waals surface area contributed by atoms with E-state index in [2.05, 4.69) is 5.16 Å². The Balaban J connectivity index is 2.04. The van der Waals surface area contributed by atoms with Crippen LogP contribution in [0, 0.1) is 6.92 Å². The van der Waals surface area contributed by atoms with Gasteiger partial charge in [-0.2, -0.15) is 0 Å². The molecule has 0 atom stereocenters. The number of anilines is 1. The third kappa shape index (κ3) is 2.71. The Kier molecular flexibility index (Phi) is 3.41. The van der Waals surface area contributed by atoms with Gasteiger partial charge in [0.1, 0.15) is 5.76 Å². The number of nitrogen functional groups attached to an aromatic ring is 1. The number of nitrogens with two attached hydrogens (primary N) is 1. The summed E-state index contributed by atoms with van der Waals surface area (Å²) in [6, 6.07) is 7.40. The van der Waals surface area contributed by atoms with E-state index < -0.39 is 0 Å². The van der Waals surface area contributed by atoms with E-state index in [1.165, 1.54) is 0 Å². The lowest BCUT2D eigenvalue weighted by Gasteiger charge is -2.03. The molecule has 1 heterocycles. The molecule has 0 amide bonds. The molecule has 3 nitrogen and oxygen atoms in total. The summed E-state index contributed by atoms with van der Waals surface area (Å²) in [6.07, 6.45) is 0. The van der Waals surface area contributed by atoms with Gasteiger partial charge in [0.15, 0.2) is 0 Å². The highest BCUT2D eigenvalue weighted by Crippen LogP contribution is 2.29. The smallest absolute Gasteiger partial charge is 0.133 e. The minimum atomic E-state index is 0.652. The van der Waals surface area contributed by atoms with Gasteiger partial charge in [0.05, 0.1) is 5.69 Å². The summed E-state index contributed by atoms with van der Waals surface area (Å²) in [5.74, 6) is 1.56. The molecule has 0 unspecified atom stereocenters. The molecule has 0 aliphatic carbocycles. The average Bonchev–Trinajstić information content (AvgIpc) is 2.63. The number of halogens is 1. The van der Waals surface area contributed by atoms with Gasteiger partial charge in [0.25, 0.3) is 0 Å². The van der Waals surface area contributed by atoms with Crippen LogP contribution in [-0.4, -0.2) is 5.16 Å². The lowest BCUT2D eigenvalue weighted by atomic mass is 10.3. The summed E-state index contributed by atoms with van der Waals surface area (Å²) in [4.78, 5) is 1.00. The first-order valence-electron chi connectivity index (χ1n) is 4.75. The standard InChI is InChI=1S/C11H11ClN2OS/c1-7-4-9(14-15-7)6-16-11-3-2-8(12)5-10(11)13/h2-5H,6,13H2,1H3. The van der Waals surface area contributed by atoms with Gasteiger partial charge in [-0.15, -0.1) is 11.8 Å². The van der Waals surface area contributed by atoms with Crippen LogP contribution in [0.1, 0.15) is 11.5 Å². The van der Waals surface area contributed by atoms with Crippen molar-refractivity contribution in [2.45, 2.75) is 17.6 Å². The van der Waals surface area contributed by atoms with Crippen LogP contribution in [0.5, 0.6) is 0 Å². The number of benzene rings is 1. The number of hydrogen-bond donors (Lipinski definition) is 1. The third-order valence-corrected chi connectivity index (χ3v) is 3.38. The van der Waals surface area contributed by atoms with Crippen LogP contribution in [0.3, 0.4) is 0 Å². The molecule has 2 rings (SSSR count). The fourth-order valence-electron chi connectivity index (χ4n) is 1.29. The average molecular weight is 255 g/mol. The van der Waals surface area contributed by atoms with Gasteiger partial charge in [-0.25, -0.2) is 0 Å². The van der Waals surface area contributed by atoms with Gasteiger partial charge in [0, 0.05) is 27.4 Å². The molecule has 16 heavy (non-hydrogen) atoms. The maximum atomic E-state index is 5.84. The zero-order chi connectivity index (χ0) is 11.5. The van der Waals surface area contributed by atoms with Crippen molar-refractivity contribution in [1.29, 1.82) is 0 Å². The Hall–Kier alpha value is -1.13. The van der Waals surface area contributed by atoms with E-state index in [-0.39, 0.29) is 0 Å². The number of rotatable bonds is 3. The van der Waals surface area contributed by atoms with Gasteiger partial charge >= 0.3 is 0 Å². The molecule has 0 spiro atoms. The number of aryl methyl sites for hydroxylation is 1. The second kappa shape index (κ2) is 4.80. The third-order valence-electron chi connectivity index (χ3n) is 2.02. The summed E-state index contributed by atoms with van der Waals surface area (Å²) in [5.41, 5.74) is 7.45. The number of aromatic nitrogens is 1. The van der Waals surface area contributed by atoms with E-state index in [4.69, 9.17) is 21.9 Å². The summed E-state index contributed by atoms with van der Waals surface area (Å²) in [7, 11) is 0. The second-order valence-electron chi connectivity index (χ2n) is 3.40. The van der Waals surface area contributed by atoms with Crippen molar-refractivity contribution >= 4 is 29.1 Å². The van der Waals surface area contributed by atoms with Gasteiger partial charge in [-0.3, -0.25) is 0 Å². The molecule has 2 aromatic rings. The molecule has 0 saturated heterocycles. The van der Waals surface area contributed by atoms with E-state index in [1.807, 2.05) is 25.1 Å². The van der Waals surface area contributed by atoms with Crippen molar-refractivity contribution < 1.29 is 4.52 Å². The molecule has 1 aromatic carbocycles. The van der Waals surface area contributed by atoms with Crippen LogP contribution >= 0.6 is 23.4 Å². The molecule has 0 radical (unpaired) electrons. The van der Waals surface area contributed by atoms with Crippen LogP contribution in [0.15, 0.2) is 33.7 Å². The first-order chi connectivity index (χ1) is 7.65. The Morgan fingerprint density at radius 3 is 2.88 bits per heavy atom. The van der Waals surface area contributed by atoms with E-state index >= 15 is 0 Å². The number of thioether (sulfide) groups is 1. The second-order valence-corrected chi connectivity index (χ2v) is 4.85. The van der Waals surface area contributed by atoms with Crippen molar-refractivity contribution in [3.63, 3.8) is 0 Å². The molecule has 5 heteroatoms. The first-order valence-corrected chi connectivity index (χ1v) is 6.11. The predicted octanol–water partition coefficient (Wildman–Crippen LogP) is 3.51. The summed E-state index contributed by atoms with van der Waals surface area (Å²) < 4.78 is 4.99. The Bertz CT molecular complexity index is 498. The molecular formula is C11H11ClN2OS. The maximum absolute atomic E-state index is 5.84. The van der Waals surface area contributed by atoms with Crippen molar-refractivity contribution in [3.8, 4) is 0 Å². The van der Waals surface area contributed by atoms with Crippen molar-refractivity contribution in [2.24, 2.45) is 0 Å². The van der Waals surface area contributed by atoms with Crippen LogP contribution in [-0.2, 0) is 5.75 Å². The maximum Gasteiger partial charge on any atom is 0.133 e. The Morgan fingerprint density at radius 1 is 1.44 bits per heavy atom. The molecule has 0 aliphatic rings. The lowest BCUT2D eigenvalue weighted by Crippen LogP contribution is -1.88. The van der Waals surface area contributed by atoms with Crippen LogP contribution in [0.25, 0.3) is 0 Å². The fourth-order valence-corrected chi connectivity index (χ4v) is 2.30. The molecule has 0 fully saturated rings. The highest BCUT2D eigenvalue weighted by molar-refractivity contribution is 7.98. The van der Waals surface area contributed by atoms with Crippen LogP contribution in [0.2, 0.25) is 5.02 Å². The van der Waals surface area contributed by atoms with Gasteiger partial charge in [0.2, 0.25) is 0 Å². The predicted molar refractivity (Wildman–Crippen MR) is 66.7 cm³/mol. The summed E-state index contributed by atoms with van der Waals surface area (Å²) in [6.45, 7) is 1.87. The van der Waals surface area contributed by atoms with E-state index in [1.54, 1.807) is 17.8 Å². The minimum Gasteiger partial charge on any atom is -0.398 e. The largest absolute Gasteiger partial charge is 0.398 e. The van der Waals surface area contributed by atoms with Crippen LogP contribution < -0.4 is 5.73 Å². The monoisotopic (exact) mass is 254 g/mol. The highest BCUT2D eigenvalue weighted by Gasteiger charge is 2.04. The van der Waals surface area contributed by atoms with E-state index in [9.17, 15) is 0 Å². The summed E-state index contributed by atoms with van der Waals surface area (Å²) in [5, 5.41) is 4.57. The SMILES string of the molecule is Cc1cc(CSc2ccc(Cl)cc2N)no1. The first kappa shape index (κ1) is 11.4. The van der Waals surface area contributed by atoms with Gasteiger partial charge in [-0.05, 0) is 25.1 Å². The zero-order valence-corrected chi connectivity index (χ0v) is 10.3. The molecule has 0 saturated carbocycles. The quantitative estimate of drug-likeness (QED) is 0.673. The summed E-state index contributed by atoms with van der Waals surface area (Å²) >= 11 is 7.44. The Labute approximate surface area is 103 Å². The normalized spacial score (nSPS) is 10.6. The topological polar surface area (TPSA) is 52.0 Å². The fraction of sp³-hybridized carbons (Fsp3) is 0.182. The number of hydrogen-bond acceptors (Lipinski definition) is 4. The lowest BCUT2D eigenvalue weighted by molar-refractivity contribution is 0.393. The van der Waals surface area contributed by atoms with Gasteiger partial charge in [-0.1, -0.05) is 16.8 Å². The Morgan fingerprint density at radius 2 is 2.25 bits per heavy atom. The minimum absolute atomic E-state index is 0.652. The molecule has 84 valence electrons. The van der Waals surface area contributed by atoms with Crippen molar-refractivity contribution in [1.82, 2.24) is 5.16 Å². The zero-order valence-electron chi connectivity index (χ0n) is 8.74. The molecule has 1 aromatic heterocycles. The highest BCUT2D eigenvalue weighted by atomic mass is 35.5. The molecule has 0 bridgehead atoms. The van der Waals surface area contributed by atoms with Crippen LogP contribution in [0.4, 0.5) is 5.69 Å². The van der Waals surface area contributed by atoms with Gasteiger partial charge < -0.3 is 10.3 Å². The molecular weight excluding hydrogens is 244 g/mol. The van der Waals surface area contributed by atoms with Crippen molar-refractivity contribution in [3.05, 3.63) is 40.7 Å². The number of nitrogens with zero attached hydrogens (tertiary/aromatic N) is 1. The van der Waals surface area contributed by atoms with Crippen molar-refractivity contribution in [2.75, 3.05) is 5.73 Å². The molecule has 0 aliphatic heterocycles. The van der Waals surface area contributed by atoms with E-state index in [0.717, 1.165) is 22.1 Å². The van der Waals surface area contributed by atoms with E-state index in [0.29, 0.717) is 10.7 Å².